The third kappa shape index (κ3) is 4.29. The number of hydrogen-bond acceptors (Lipinski definition) is 4. The lowest BCUT2D eigenvalue weighted by molar-refractivity contribution is 0.0969. The molecule has 1 aliphatic carbocycles. The molecule has 3 aliphatic rings. The van der Waals surface area contributed by atoms with E-state index in [0.29, 0.717) is 11.0 Å². The highest BCUT2D eigenvalue weighted by molar-refractivity contribution is 5.97. The molecule has 4 rings (SSSR count). The zero-order valence-electron chi connectivity index (χ0n) is 16.5. The second-order valence-corrected chi connectivity index (χ2v) is 9.08. The molecule has 0 bridgehead atoms. The van der Waals surface area contributed by atoms with E-state index in [0.717, 1.165) is 24.8 Å². The normalized spacial score (nSPS) is 27.3. The predicted octanol–water partition coefficient (Wildman–Crippen LogP) is 3.44. The number of nitrogens with two attached hydrogens (primary N) is 1. The van der Waals surface area contributed by atoms with Crippen LogP contribution in [0.25, 0.3) is 0 Å². The summed E-state index contributed by atoms with van der Waals surface area (Å²) in [6.07, 6.45) is 14.2. The Kier molecular flexibility index (Phi) is 5.67. The van der Waals surface area contributed by atoms with E-state index >= 15 is 0 Å². The number of nitrogens with zero attached hydrogens (tertiary/aromatic N) is 3. The number of carbonyl (C=O) groups is 1. The summed E-state index contributed by atoms with van der Waals surface area (Å²) in [5.74, 6) is 1.36. The maximum Gasteiger partial charge on any atom is 0.252 e. The van der Waals surface area contributed by atoms with Crippen LogP contribution in [-0.4, -0.2) is 48.5 Å². The Bertz CT molecular complexity index is 657. The number of primary amides is 1. The SMILES string of the molecule is NC(=O)c1cccnc1N1CC[C@@]2(CCCN(CCC3CCCCC3)C2)C1. The molecule has 27 heavy (non-hydrogen) atoms. The summed E-state index contributed by atoms with van der Waals surface area (Å²) in [6.45, 7) is 5.71. The van der Waals surface area contributed by atoms with Gasteiger partial charge in [0.2, 0.25) is 0 Å². The van der Waals surface area contributed by atoms with Crippen molar-refractivity contribution in [3.05, 3.63) is 23.9 Å². The number of aromatic nitrogens is 1. The topological polar surface area (TPSA) is 62.5 Å². The van der Waals surface area contributed by atoms with Gasteiger partial charge in [-0.15, -0.1) is 0 Å². The number of rotatable bonds is 5. The van der Waals surface area contributed by atoms with E-state index in [1.807, 2.05) is 0 Å². The van der Waals surface area contributed by atoms with Crippen LogP contribution in [0.3, 0.4) is 0 Å². The number of pyridine rings is 1. The van der Waals surface area contributed by atoms with Crippen molar-refractivity contribution in [3.63, 3.8) is 0 Å². The molecule has 2 aliphatic heterocycles. The first kappa shape index (κ1) is 18.7. The molecule has 2 saturated heterocycles. The van der Waals surface area contributed by atoms with Crippen LogP contribution in [0, 0.1) is 11.3 Å². The van der Waals surface area contributed by atoms with Gasteiger partial charge in [0.25, 0.3) is 5.91 Å². The first-order chi connectivity index (χ1) is 13.2. The van der Waals surface area contributed by atoms with Gasteiger partial charge in [-0.3, -0.25) is 4.79 Å². The maximum atomic E-state index is 11.8. The molecule has 3 heterocycles. The van der Waals surface area contributed by atoms with Gasteiger partial charge in [0.1, 0.15) is 5.82 Å². The van der Waals surface area contributed by atoms with E-state index in [2.05, 4.69) is 14.8 Å². The Morgan fingerprint density at radius 2 is 2.00 bits per heavy atom. The quantitative estimate of drug-likeness (QED) is 0.862. The van der Waals surface area contributed by atoms with Crippen molar-refractivity contribution < 1.29 is 4.79 Å². The van der Waals surface area contributed by atoms with E-state index in [1.54, 1.807) is 18.3 Å². The molecule has 1 aromatic rings. The fourth-order valence-corrected chi connectivity index (χ4v) is 5.63. The van der Waals surface area contributed by atoms with Gasteiger partial charge in [-0.1, -0.05) is 32.1 Å². The molecule has 0 radical (unpaired) electrons. The number of hydrogen-bond donors (Lipinski definition) is 1. The molecule has 3 fully saturated rings. The molecule has 5 nitrogen and oxygen atoms in total. The van der Waals surface area contributed by atoms with E-state index in [9.17, 15) is 4.79 Å². The third-order valence-electron chi connectivity index (χ3n) is 7.11. The lowest BCUT2D eigenvalue weighted by Crippen LogP contribution is -2.45. The third-order valence-corrected chi connectivity index (χ3v) is 7.11. The van der Waals surface area contributed by atoms with Crippen LogP contribution in [-0.2, 0) is 0 Å². The van der Waals surface area contributed by atoms with E-state index < -0.39 is 0 Å². The van der Waals surface area contributed by atoms with Crippen molar-refractivity contribution in [1.82, 2.24) is 9.88 Å². The molecule has 1 aromatic heterocycles. The Balaban J connectivity index is 1.37. The summed E-state index contributed by atoms with van der Waals surface area (Å²) in [7, 11) is 0. The summed E-state index contributed by atoms with van der Waals surface area (Å²) in [6, 6.07) is 3.59. The van der Waals surface area contributed by atoms with Gasteiger partial charge in [-0.2, -0.15) is 0 Å². The molecule has 1 amide bonds. The summed E-state index contributed by atoms with van der Waals surface area (Å²) in [5, 5.41) is 0. The zero-order valence-corrected chi connectivity index (χ0v) is 16.5. The number of amides is 1. The number of anilines is 1. The van der Waals surface area contributed by atoms with Crippen molar-refractivity contribution in [2.24, 2.45) is 17.1 Å². The Labute approximate surface area is 163 Å². The second kappa shape index (κ2) is 8.17. The van der Waals surface area contributed by atoms with Crippen molar-refractivity contribution in [2.75, 3.05) is 37.6 Å². The first-order valence-electron chi connectivity index (χ1n) is 10.9. The minimum Gasteiger partial charge on any atom is -0.365 e. The van der Waals surface area contributed by atoms with Gasteiger partial charge in [-0.05, 0) is 56.8 Å². The monoisotopic (exact) mass is 370 g/mol. The van der Waals surface area contributed by atoms with Gasteiger partial charge in [0, 0.05) is 31.2 Å². The number of carbonyl (C=O) groups excluding carboxylic acids is 1. The van der Waals surface area contributed by atoms with Gasteiger partial charge in [-0.25, -0.2) is 4.98 Å². The van der Waals surface area contributed by atoms with Crippen LogP contribution < -0.4 is 10.6 Å². The van der Waals surface area contributed by atoms with E-state index in [-0.39, 0.29) is 5.91 Å². The van der Waals surface area contributed by atoms with Crippen LogP contribution in [0.2, 0.25) is 0 Å². The zero-order chi connectivity index (χ0) is 18.7. The fraction of sp³-hybridized carbons (Fsp3) is 0.727. The lowest BCUT2D eigenvalue weighted by Gasteiger charge is -2.41. The maximum absolute atomic E-state index is 11.8. The molecular weight excluding hydrogens is 336 g/mol. The summed E-state index contributed by atoms with van der Waals surface area (Å²) < 4.78 is 0. The fourth-order valence-electron chi connectivity index (χ4n) is 5.63. The van der Waals surface area contributed by atoms with Crippen LogP contribution >= 0.6 is 0 Å². The molecule has 0 unspecified atom stereocenters. The summed E-state index contributed by atoms with van der Waals surface area (Å²) in [5.41, 5.74) is 6.48. The smallest absolute Gasteiger partial charge is 0.252 e. The number of piperidine rings is 1. The largest absolute Gasteiger partial charge is 0.365 e. The number of likely N-dealkylation sites (tertiary alicyclic amines) is 1. The van der Waals surface area contributed by atoms with Gasteiger partial charge >= 0.3 is 0 Å². The van der Waals surface area contributed by atoms with Gasteiger partial charge in [0.05, 0.1) is 5.56 Å². The Morgan fingerprint density at radius 3 is 2.81 bits per heavy atom. The molecule has 1 spiro atoms. The molecular formula is C22H34N4O. The highest BCUT2D eigenvalue weighted by Gasteiger charge is 2.42. The molecule has 1 saturated carbocycles. The molecule has 148 valence electrons. The van der Waals surface area contributed by atoms with Crippen molar-refractivity contribution in [2.45, 2.75) is 57.8 Å². The predicted molar refractivity (Wildman–Crippen MR) is 109 cm³/mol. The molecule has 5 heteroatoms. The highest BCUT2D eigenvalue weighted by Crippen LogP contribution is 2.41. The summed E-state index contributed by atoms with van der Waals surface area (Å²) >= 11 is 0. The Morgan fingerprint density at radius 1 is 1.15 bits per heavy atom. The summed E-state index contributed by atoms with van der Waals surface area (Å²) in [4.78, 5) is 21.3. The van der Waals surface area contributed by atoms with Crippen LogP contribution in [0.4, 0.5) is 5.82 Å². The van der Waals surface area contributed by atoms with Crippen molar-refractivity contribution in [3.8, 4) is 0 Å². The standard InChI is InChI=1S/C22H34N4O/c23-20(27)19-8-4-12-24-21(19)26-15-11-22(17-26)10-5-13-25(16-22)14-9-18-6-2-1-3-7-18/h4,8,12,18H,1-3,5-7,9-11,13-17H2,(H2,23,27)/t22-/m1/s1. The van der Waals surface area contributed by atoms with Crippen LogP contribution in [0.5, 0.6) is 0 Å². The minimum absolute atomic E-state index is 0.358. The average molecular weight is 371 g/mol. The lowest BCUT2D eigenvalue weighted by atomic mass is 9.79. The van der Waals surface area contributed by atoms with Crippen molar-refractivity contribution >= 4 is 11.7 Å². The second-order valence-electron chi connectivity index (χ2n) is 9.08. The van der Waals surface area contributed by atoms with Crippen LogP contribution in [0.15, 0.2) is 18.3 Å². The van der Waals surface area contributed by atoms with Gasteiger partial charge in [0.15, 0.2) is 0 Å². The minimum atomic E-state index is -0.378. The molecule has 1 atom stereocenters. The van der Waals surface area contributed by atoms with Crippen molar-refractivity contribution in [1.29, 1.82) is 0 Å². The highest BCUT2D eigenvalue weighted by atomic mass is 16.1. The average Bonchev–Trinajstić information content (AvgIpc) is 3.10. The van der Waals surface area contributed by atoms with Crippen LogP contribution in [0.1, 0.15) is 68.1 Å². The van der Waals surface area contributed by atoms with E-state index in [4.69, 9.17) is 5.73 Å². The first-order valence-corrected chi connectivity index (χ1v) is 10.9. The molecule has 2 N–H and O–H groups in total. The Hall–Kier alpha value is -1.62. The van der Waals surface area contributed by atoms with Gasteiger partial charge < -0.3 is 15.5 Å². The molecule has 0 aromatic carbocycles. The van der Waals surface area contributed by atoms with E-state index in [1.165, 1.54) is 77.4 Å².